The maximum Gasteiger partial charge on any atom is 0.331 e. The number of hydrogen-bond acceptors (Lipinski definition) is 6. The monoisotopic (exact) mass is 467 g/mol. The van der Waals surface area contributed by atoms with Gasteiger partial charge in [-0.25, -0.2) is 4.79 Å². The van der Waals surface area contributed by atoms with Crippen molar-refractivity contribution in [2.75, 3.05) is 10.6 Å². The van der Waals surface area contributed by atoms with Crippen LogP contribution in [-0.2, 0) is 22.7 Å². The van der Waals surface area contributed by atoms with E-state index in [-0.39, 0.29) is 42.8 Å². The average Bonchev–Trinajstić information content (AvgIpc) is 3.21. The van der Waals surface area contributed by atoms with Crippen LogP contribution in [0.2, 0.25) is 0 Å². The fraction of sp³-hybridized carbons (Fsp3) is 0.348. The van der Waals surface area contributed by atoms with E-state index in [9.17, 15) is 19.2 Å². The number of nitrogens with one attached hydrogen (secondary N) is 2. The Morgan fingerprint density at radius 1 is 1.06 bits per heavy atom. The second-order valence-electron chi connectivity index (χ2n) is 7.73. The normalized spacial score (nSPS) is 11.7. The van der Waals surface area contributed by atoms with E-state index in [2.05, 4.69) is 10.6 Å². The molecule has 33 heavy (non-hydrogen) atoms. The van der Waals surface area contributed by atoms with E-state index >= 15 is 0 Å². The van der Waals surface area contributed by atoms with Crippen LogP contribution in [0.4, 0.5) is 10.7 Å². The van der Waals surface area contributed by atoms with Gasteiger partial charge in [-0.3, -0.25) is 23.5 Å². The van der Waals surface area contributed by atoms with Crippen molar-refractivity contribution in [3.05, 3.63) is 56.0 Å². The van der Waals surface area contributed by atoms with Crippen molar-refractivity contribution in [2.45, 2.75) is 46.7 Å². The summed E-state index contributed by atoms with van der Waals surface area (Å²) >= 11 is 1.27. The first-order valence-electron chi connectivity index (χ1n) is 10.6. The van der Waals surface area contributed by atoms with Crippen LogP contribution in [-0.4, -0.2) is 20.9 Å². The first-order valence-corrected chi connectivity index (χ1v) is 11.5. The molecular formula is C23H25N5O4S. The molecule has 0 aliphatic rings. The van der Waals surface area contributed by atoms with E-state index in [4.69, 9.17) is 5.26 Å². The van der Waals surface area contributed by atoms with Gasteiger partial charge in [0.2, 0.25) is 11.8 Å². The van der Waals surface area contributed by atoms with Gasteiger partial charge in [-0.15, -0.1) is 11.3 Å². The van der Waals surface area contributed by atoms with Crippen LogP contribution in [0.1, 0.15) is 39.2 Å². The van der Waals surface area contributed by atoms with Crippen molar-refractivity contribution < 1.29 is 9.59 Å². The summed E-state index contributed by atoms with van der Waals surface area (Å²) in [6.07, 6.45) is 0.266. The standard InChI is InChI=1S/C23H25N5O4S/c1-4-27-18-7-6-16(11-17(18)22(31)28(5-2)23(27)32)25-19(29)8-14(3)9-20(30)26-21-10-15(12-24)13-33-21/h6-7,10-11,13-14H,4-5,8-9H2,1-3H3,(H,25,29)(H,26,30). The van der Waals surface area contributed by atoms with Crippen molar-refractivity contribution in [1.29, 1.82) is 5.26 Å². The van der Waals surface area contributed by atoms with E-state index in [0.29, 0.717) is 33.7 Å². The van der Waals surface area contributed by atoms with E-state index in [1.165, 1.54) is 20.5 Å². The van der Waals surface area contributed by atoms with Crippen LogP contribution in [0.15, 0.2) is 39.2 Å². The lowest BCUT2D eigenvalue weighted by Crippen LogP contribution is -2.39. The number of nitriles is 1. The van der Waals surface area contributed by atoms with Gasteiger partial charge in [-0.05, 0) is 44.0 Å². The zero-order chi connectivity index (χ0) is 24.1. The summed E-state index contributed by atoms with van der Waals surface area (Å²) in [4.78, 5) is 49.9. The van der Waals surface area contributed by atoms with Crippen molar-refractivity contribution >= 4 is 44.7 Å². The Kier molecular flexibility index (Phi) is 7.45. The number of fused-ring (bicyclic) bond motifs is 1. The van der Waals surface area contributed by atoms with Crippen molar-refractivity contribution in [2.24, 2.45) is 5.92 Å². The van der Waals surface area contributed by atoms with Gasteiger partial charge in [0.25, 0.3) is 5.56 Å². The molecule has 3 rings (SSSR count). The van der Waals surface area contributed by atoms with Gasteiger partial charge in [0, 0.05) is 37.0 Å². The molecule has 0 aliphatic heterocycles. The average molecular weight is 468 g/mol. The predicted molar refractivity (Wildman–Crippen MR) is 129 cm³/mol. The minimum absolute atomic E-state index is 0.118. The van der Waals surface area contributed by atoms with Crippen LogP contribution < -0.4 is 21.9 Å². The molecule has 0 spiro atoms. The zero-order valence-corrected chi connectivity index (χ0v) is 19.5. The highest BCUT2D eigenvalue weighted by Crippen LogP contribution is 2.21. The lowest BCUT2D eigenvalue weighted by atomic mass is 10.0. The largest absolute Gasteiger partial charge is 0.331 e. The zero-order valence-electron chi connectivity index (χ0n) is 18.7. The Bertz CT molecular complexity index is 1360. The maximum atomic E-state index is 12.7. The second kappa shape index (κ2) is 10.3. The summed E-state index contributed by atoms with van der Waals surface area (Å²) in [5.41, 5.74) is 0.713. The van der Waals surface area contributed by atoms with Crippen molar-refractivity contribution in [1.82, 2.24) is 9.13 Å². The smallest absolute Gasteiger partial charge is 0.326 e. The third-order valence-corrected chi connectivity index (χ3v) is 6.05. The first kappa shape index (κ1) is 23.9. The number of nitrogens with zero attached hydrogens (tertiary/aromatic N) is 3. The summed E-state index contributed by atoms with van der Waals surface area (Å²) in [6.45, 7) is 6.05. The number of hydrogen-bond donors (Lipinski definition) is 2. The number of aryl methyl sites for hydroxylation is 1. The van der Waals surface area contributed by atoms with Gasteiger partial charge in [0.1, 0.15) is 6.07 Å². The molecule has 1 aromatic carbocycles. The first-order chi connectivity index (χ1) is 15.8. The molecule has 172 valence electrons. The molecule has 0 saturated carbocycles. The Hall–Kier alpha value is -3.71. The molecule has 0 saturated heterocycles. The molecule has 0 fully saturated rings. The van der Waals surface area contributed by atoms with Crippen LogP contribution in [0.5, 0.6) is 0 Å². The van der Waals surface area contributed by atoms with E-state index in [1.807, 2.05) is 13.0 Å². The molecule has 10 heteroatoms. The summed E-state index contributed by atoms with van der Waals surface area (Å²) in [6, 6.07) is 8.50. The van der Waals surface area contributed by atoms with Crippen LogP contribution in [0.3, 0.4) is 0 Å². The maximum absolute atomic E-state index is 12.7. The highest BCUT2D eigenvalue weighted by Gasteiger charge is 2.16. The second-order valence-corrected chi connectivity index (χ2v) is 8.64. The number of carbonyl (C=O) groups excluding carboxylic acids is 2. The summed E-state index contributed by atoms with van der Waals surface area (Å²) < 4.78 is 2.70. The molecule has 0 aliphatic carbocycles. The number of amides is 2. The van der Waals surface area contributed by atoms with Gasteiger partial charge in [0.05, 0.1) is 21.5 Å². The van der Waals surface area contributed by atoms with E-state index < -0.39 is 5.56 Å². The molecule has 3 aromatic rings. The Morgan fingerprint density at radius 2 is 1.73 bits per heavy atom. The highest BCUT2D eigenvalue weighted by atomic mass is 32.1. The Morgan fingerprint density at radius 3 is 2.33 bits per heavy atom. The highest BCUT2D eigenvalue weighted by molar-refractivity contribution is 7.14. The molecule has 2 heterocycles. The molecule has 0 radical (unpaired) electrons. The number of aromatic nitrogens is 2. The molecule has 2 aromatic heterocycles. The van der Waals surface area contributed by atoms with Crippen LogP contribution in [0, 0.1) is 17.2 Å². The third kappa shape index (κ3) is 5.38. The molecular weight excluding hydrogens is 442 g/mol. The quantitative estimate of drug-likeness (QED) is 0.526. The summed E-state index contributed by atoms with van der Waals surface area (Å²) in [5.74, 6) is -0.731. The summed E-state index contributed by atoms with van der Waals surface area (Å²) in [5, 5.41) is 17.0. The third-order valence-electron chi connectivity index (χ3n) is 5.20. The molecule has 2 amide bonds. The minimum atomic E-state index is -0.392. The lowest BCUT2D eigenvalue weighted by molar-refractivity contribution is -0.118. The van der Waals surface area contributed by atoms with Gasteiger partial charge in [0.15, 0.2) is 0 Å². The topological polar surface area (TPSA) is 126 Å². The van der Waals surface area contributed by atoms with Crippen molar-refractivity contribution in [3.8, 4) is 6.07 Å². The predicted octanol–water partition coefficient (Wildman–Crippen LogP) is 3.13. The Labute approximate surface area is 194 Å². The number of thiophene rings is 1. The van der Waals surface area contributed by atoms with Gasteiger partial charge in [-0.2, -0.15) is 5.26 Å². The van der Waals surface area contributed by atoms with E-state index in [0.717, 1.165) is 0 Å². The van der Waals surface area contributed by atoms with Gasteiger partial charge >= 0.3 is 5.69 Å². The molecule has 1 unspecified atom stereocenters. The molecule has 1 atom stereocenters. The fourth-order valence-electron chi connectivity index (χ4n) is 3.65. The molecule has 9 nitrogen and oxygen atoms in total. The fourth-order valence-corrected chi connectivity index (χ4v) is 4.39. The SMILES string of the molecule is CCn1c(=O)c2cc(NC(=O)CC(C)CC(=O)Nc3cc(C#N)cs3)ccc2n(CC)c1=O. The lowest BCUT2D eigenvalue weighted by Gasteiger charge is -2.14. The molecule has 0 bridgehead atoms. The van der Waals surface area contributed by atoms with Gasteiger partial charge < -0.3 is 10.6 Å². The molecule has 2 N–H and O–H groups in total. The summed E-state index contributed by atoms with van der Waals surface area (Å²) in [7, 11) is 0. The van der Waals surface area contributed by atoms with Crippen LogP contribution in [0.25, 0.3) is 10.9 Å². The van der Waals surface area contributed by atoms with Crippen molar-refractivity contribution in [3.63, 3.8) is 0 Å². The number of anilines is 2. The van der Waals surface area contributed by atoms with Crippen LogP contribution >= 0.6 is 11.3 Å². The number of benzene rings is 1. The van der Waals surface area contributed by atoms with E-state index in [1.54, 1.807) is 43.5 Å². The van der Waals surface area contributed by atoms with Gasteiger partial charge in [-0.1, -0.05) is 6.92 Å². The Balaban J connectivity index is 1.67. The number of carbonyl (C=O) groups is 2. The minimum Gasteiger partial charge on any atom is -0.326 e. The number of rotatable bonds is 8.